The fourth-order valence-electron chi connectivity index (χ4n) is 3.88. The molecule has 178 valence electrons. The molecule has 1 aliphatic rings. The highest BCUT2D eigenvalue weighted by molar-refractivity contribution is 7.22. The Hall–Kier alpha value is -3.63. The second kappa shape index (κ2) is 8.86. The van der Waals surface area contributed by atoms with Crippen molar-refractivity contribution >= 4 is 55.5 Å². The Balaban J connectivity index is 1.64. The van der Waals surface area contributed by atoms with Crippen molar-refractivity contribution in [2.75, 3.05) is 4.90 Å². The standard InChI is InChI=1S/C25H18F2N2O4S2/c1-12(2)33-14-7-5-13(6-8-14)22(30)20-21(18-4-3-9-34-18)29(24(32)23(20)31)25-28-17-10-15(26)16(27)11-19(17)35-25/h3-12,21,30H,1-2H3/b22-20+. The molecule has 1 saturated heterocycles. The summed E-state index contributed by atoms with van der Waals surface area (Å²) in [6.45, 7) is 3.78. The van der Waals surface area contributed by atoms with Crippen LogP contribution in [0, 0.1) is 11.6 Å². The van der Waals surface area contributed by atoms with E-state index in [1.807, 2.05) is 13.8 Å². The zero-order valence-corrected chi connectivity index (χ0v) is 20.1. The van der Waals surface area contributed by atoms with E-state index in [0.29, 0.717) is 20.9 Å². The Morgan fingerprint density at radius 3 is 2.49 bits per heavy atom. The van der Waals surface area contributed by atoms with Gasteiger partial charge in [-0.1, -0.05) is 17.4 Å². The molecule has 0 radical (unpaired) electrons. The lowest BCUT2D eigenvalue weighted by molar-refractivity contribution is -0.132. The molecule has 0 spiro atoms. The highest BCUT2D eigenvalue weighted by atomic mass is 32.1. The molecule has 0 bridgehead atoms. The molecule has 1 unspecified atom stereocenters. The van der Waals surface area contributed by atoms with Crippen molar-refractivity contribution in [2.24, 2.45) is 0 Å². The highest BCUT2D eigenvalue weighted by Gasteiger charge is 2.48. The Labute approximate surface area is 206 Å². The number of ether oxygens (including phenoxy) is 1. The average Bonchev–Trinajstić information content (AvgIpc) is 3.53. The van der Waals surface area contributed by atoms with Crippen molar-refractivity contribution in [3.8, 4) is 5.75 Å². The van der Waals surface area contributed by atoms with Crippen molar-refractivity contribution in [1.29, 1.82) is 0 Å². The number of nitrogens with zero attached hydrogens (tertiary/aromatic N) is 2. The average molecular weight is 513 g/mol. The summed E-state index contributed by atoms with van der Waals surface area (Å²) in [6.07, 6.45) is -0.0330. The van der Waals surface area contributed by atoms with Crippen LogP contribution in [0.5, 0.6) is 5.75 Å². The van der Waals surface area contributed by atoms with Crippen LogP contribution in [0.3, 0.4) is 0 Å². The molecule has 1 aliphatic heterocycles. The first-order valence-corrected chi connectivity index (χ1v) is 12.3. The van der Waals surface area contributed by atoms with Gasteiger partial charge in [0.2, 0.25) is 0 Å². The maximum absolute atomic E-state index is 13.7. The molecule has 2 aromatic carbocycles. The molecule has 0 aliphatic carbocycles. The number of aliphatic hydroxyl groups excluding tert-OH is 1. The third-order valence-electron chi connectivity index (χ3n) is 5.38. The van der Waals surface area contributed by atoms with Gasteiger partial charge in [-0.2, -0.15) is 0 Å². The number of hydrogen-bond donors (Lipinski definition) is 1. The maximum atomic E-state index is 13.7. The fourth-order valence-corrected chi connectivity index (χ4v) is 5.70. The number of anilines is 1. The Bertz CT molecular complexity index is 1440. The van der Waals surface area contributed by atoms with E-state index in [1.165, 1.54) is 16.2 Å². The molecule has 1 amide bonds. The molecule has 3 heterocycles. The molecule has 6 nitrogen and oxygen atoms in total. The van der Waals surface area contributed by atoms with E-state index in [9.17, 15) is 23.5 Å². The lowest BCUT2D eigenvalue weighted by atomic mass is 10.00. The first-order valence-electron chi connectivity index (χ1n) is 10.6. The predicted molar refractivity (Wildman–Crippen MR) is 131 cm³/mol. The van der Waals surface area contributed by atoms with E-state index in [1.54, 1.807) is 41.8 Å². The normalized spacial score (nSPS) is 17.6. The molecular formula is C25H18F2N2O4S2. The minimum atomic E-state index is -1.06. The van der Waals surface area contributed by atoms with Gasteiger partial charge in [0.05, 0.1) is 21.9 Å². The molecule has 0 saturated carbocycles. The third kappa shape index (κ3) is 4.08. The third-order valence-corrected chi connectivity index (χ3v) is 7.32. The Morgan fingerprint density at radius 2 is 1.83 bits per heavy atom. The number of thiazole rings is 1. The minimum absolute atomic E-state index is 0.0330. The van der Waals surface area contributed by atoms with Crippen LogP contribution in [0.15, 0.2) is 59.5 Å². The first-order chi connectivity index (χ1) is 16.7. The zero-order valence-electron chi connectivity index (χ0n) is 18.5. The SMILES string of the molecule is CC(C)Oc1ccc(/C(O)=C2\C(=O)C(=O)N(c3nc4cc(F)c(F)cc4s3)C2c2cccs2)cc1. The molecular weight excluding hydrogens is 494 g/mol. The summed E-state index contributed by atoms with van der Waals surface area (Å²) < 4.78 is 33.4. The van der Waals surface area contributed by atoms with Gasteiger partial charge in [-0.3, -0.25) is 14.5 Å². The number of halogens is 2. The fraction of sp³-hybridized carbons (Fsp3) is 0.160. The van der Waals surface area contributed by atoms with Gasteiger partial charge in [0.15, 0.2) is 16.8 Å². The minimum Gasteiger partial charge on any atom is -0.507 e. The summed E-state index contributed by atoms with van der Waals surface area (Å²) in [5.41, 5.74) is 0.414. The lowest BCUT2D eigenvalue weighted by Crippen LogP contribution is -2.28. The largest absolute Gasteiger partial charge is 0.507 e. The molecule has 35 heavy (non-hydrogen) atoms. The van der Waals surface area contributed by atoms with Gasteiger partial charge >= 0.3 is 5.91 Å². The molecule has 4 aromatic rings. The van der Waals surface area contributed by atoms with Crippen LogP contribution in [-0.4, -0.2) is 27.9 Å². The van der Waals surface area contributed by atoms with E-state index < -0.39 is 29.4 Å². The van der Waals surface area contributed by atoms with Gasteiger partial charge in [-0.15, -0.1) is 11.3 Å². The van der Waals surface area contributed by atoms with Gasteiger partial charge in [-0.05, 0) is 55.6 Å². The van der Waals surface area contributed by atoms with E-state index in [-0.39, 0.29) is 28.1 Å². The zero-order chi connectivity index (χ0) is 24.9. The van der Waals surface area contributed by atoms with Crippen LogP contribution in [0.25, 0.3) is 16.0 Å². The number of rotatable bonds is 5. The number of benzene rings is 2. The van der Waals surface area contributed by atoms with Crippen molar-refractivity contribution in [3.63, 3.8) is 0 Å². The van der Waals surface area contributed by atoms with Gasteiger partial charge in [-0.25, -0.2) is 13.8 Å². The highest BCUT2D eigenvalue weighted by Crippen LogP contribution is 2.45. The summed E-state index contributed by atoms with van der Waals surface area (Å²) in [4.78, 5) is 32.5. The monoisotopic (exact) mass is 512 g/mol. The molecule has 5 rings (SSSR count). The number of thiophene rings is 1. The molecule has 10 heteroatoms. The second-order valence-electron chi connectivity index (χ2n) is 8.11. The smallest absolute Gasteiger partial charge is 0.301 e. The number of hydrogen-bond acceptors (Lipinski definition) is 7. The second-order valence-corrected chi connectivity index (χ2v) is 10.1. The number of amides is 1. The molecule has 1 N–H and O–H groups in total. The lowest BCUT2D eigenvalue weighted by Gasteiger charge is -2.21. The first kappa shape index (κ1) is 23.1. The predicted octanol–water partition coefficient (Wildman–Crippen LogP) is 6.05. The number of aliphatic hydroxyl groups is 1. The van der Waals surface area contributed by atoms with Crippen LogP contribution in [-0.2, 0) is 9.59 Å². The topological polar surface area (TPSA) is 79.7 Å². The molecule has 2 aromatic heterocycles. The number of carbonyl (C=O) groups excluding carboxylic acids is 2. The van der Waals surface area contributed by atoms with Crippen LogP contribution in [0.1, 0.15) is 30.3 Å². The van der Waals surface area contributed by atoms with Crippen molar-refractivity contribution in [1.82, 2.24) is 4.98 Å². The number of carbonyl (C=O) groups is 2. The summed E-state index contributed by atoms with van der Waals surface area (Å²) in [5.74, 6) is -3.59. The van der Waals surface area contributed by atoms with E-state index in [4.69, 9.17) is 4.74 Å². The van der Waals surface area contributed by atoms with Crippen molar-refractivity contribution in [2.45, 2.75) is 26.0 Å². The quantitative estimate of drug-likeness (QED) is 0.200. The summed E-state index contributed by atoms with van der Waals surface area (Å²) >= 11 is 2.27. The van der Waals surface area contributed by atoms with E-state index in [2.05, 4.69) is 4.98 Å². The van der Waals surface area contributed by atoms with E-state index in [0.717, 1.165) is 23.5 Å². The van der Waals surface area contributed by atoms with Crippen LogP contribution in [0.4, 0.5) is 13.9 Å². The summed E-state index contributed by atoms with van der Waals surface area (Å²) in [7, 11) is 0. The van der Waals surface area contributed by atoms with Gasteiger partial charge in [0, 0.05) is 16.5 Å². The van der Waals surface area contributed by atoms with Gasteiger partial charge in [0.1, 0.15) is 17.6 Å². The maximum Gasteiger partial charge on any atom is 0.301 e. The Morgan fingerprint density at radius 1 is 1.11 bits per heavy atom. The summed E-state index contributed by atoms with van der Waals surface area (Å²) in [5, 5.41) is 13.0. The van der Waals surface area contributed by atoms with Crippen LogP contribution < -0.4 is 9.64 Å². The molecule has 1 atom stereocenters. The van der Waals surface area contributed by atoms with E-state index >= 15 is 0 Å². The summed E-state index contributed by atoms with van der Waals surface area (Å²) in [6, 6.07) is 11.1. The van der Waals surface area contributed by atoms with Crippen LogP contribution in [0.2, 0.25) is 0 Å². The van der Waals surface area contributed by atoms with Crippen LogP contribution >= 0.6 is 22.7 Å². The van der Waals surface area contributed by atoms with Crippen molar-refractivity contribution in [3.05, 3.63) is 81.6 Å². The van der Waals surface area contributed by atoms with Crippen molar-refractivity contribution < 1.29 is 28.2 Å². The van der Waals surface area contributed by atoms with Gasteiger partial charge in [0.25, 0.3) is 5.78 Å². The van der Waals surface area contributed by atoms with Gasteiger partial charge < -0.3 is 9.84 Å². The number of ketones is 1. The number of fused-ring (bicyclic) bond motifs is 1. The Kier molecular flexibility index (Phi) is 5.86. The molecule has 1 fully saturated rings. The number of Topliss-reactive ketones (excluding diaryl/α,β-unsaturated/α-hetero) is 1. The number of aromatic nitrogens is 1.